The quantitative estimate of drug-likeness (QED) is 0.193. The highest BCUT2D eigenvalue weighted by atomic mass is 35.5. The summed E-state index contributed by atoms with van der Waals surface area (Å²) in [4.78, 5) is 4.70. The van der Waals surface area contributed by atoms with Crippen LogP contribution in [0.25, 0.3) is 10.2 Å². The Hall–Kier alpha value is -3.02. The second-order valence-corrected chi connectivity index (χ2v) is 11.9. The Labute approximate surface area is 223 Å². The number of aromatic nitrogens is 1. The second-order valence-electron chi connectivity index (χ2n) is 8.05. The average molecular weight is 555 g/mol. The van der Waals surface area contributed by atoms with E-state index >= 15 is 0 Å². The van der Waals surface area contributed by atoms with Gasteiger partial charge in [-0.25, -0.2) is 9.55 Å². The topological polar surface area (TPSA) is 60.5 Å². The van der Waals surface area contributed by atoms with Crippen LogP contribution in [-0.4, -0.2) is 4.98 Å². The van der Waals surface area contributed by atoms with Crippen molar-refractivity contribution in [3.63, 3.8) is 0 Å². The van der Waals surface area contributed by atoms with Gasteiger partial charge in [-0.15, -0.1) is 0 Å². The SMILES string of the molecule is Cc1ccc2nc(NC(c3ccc(Cl)cc3Cl)P(=O)(Oc3ccccc3)Oc3ccccc3)sc2c1. The highest BCUT2D eigenvalue weighted by molar-refractivity contribution is 7.55. The minimum atomic E-state index is -4.03. The summed E-state index contributed by atoms with van der Waals surface area (Å²) in [7, 11) is -4.03. The predicted octanol–water partition coefficient (Wildman–Crippen LogP) is 9.37. The Kier molecular flexibility index (Phi) is 7.22. The van der Waals surface area contributed by atoms with E-state index in [0.29, 0.717) is 32.2 Å². The Morgan fingerprint density at radius 1 is 0.861 bits per heavy atom. The van der Waals surface area contributed by atoms with Crippen LogP contribution in [0.1, 0.15) is 16.9 Å². The second kappa shape index (κ2) is 10.5. The van der Waals surface area contributed by atoms with E-state index in [4.69, 9.17) is 37.2 Å². The summed E-state index contributed by atoms with van der Waals surface area (Å²) >= 11 is 14.3. The van der Waals surface area contributed by atoms with Gasteiger partial charge in [0.15, 0.2) is 10.9 Å². The van der Waals surface area contributed by atoms with Gasteiger partial charge in [-0.1, -0.05) is 83.1 Å². The molecule has 0 saturated heterocycles. The summed E-state index contributed by atoms with van der Waals surface area (Å²) in [5, 5.41) is 4.65. The zero-order valence-corrected chi connectivity index (χ0v) is 22.3. The number of aryl methyl sites for hydroxylation is 1. The summed E-state index contributed by atoms with van der Waals surface area (Å²) in [5.74, 6) is -0.202. The van der Waals surface area contributed by atoms with Gasteiger partial charge in [0.1, 0.15) is 11.5 Å². The van der Waals surface area contributed by atoms with Crippen LogP contribution in [0.3, 0.4) is 0 Å². The van der Waals surface area contributed by atoms with Crippen LogP contribution < -0.4 is 14.4 Å². The molecule has 0 amide bonds. The van der Waals surface area contributed by atoms with E-state index in [1.54, 1.807) is 66.7 Å². The van der Waals surface area contributed by atoms with Crippen LogP contribution in [-0.2, 0) is 4.57 Å². The molecule has 1 atom stereocenters. The van der Waals surface area contributed by atoms with Crippen LogP contribution in [0.4, 0.5) is 5.13 Å². The number of hydrogen-bond acceptors (Lipinski definition) is 6. The molecule has 4 aromatic carbocycles. The molecule has 1 aromatic heterocycles. The highest BCUT2D eigenvalue weighted by Gasteiger charge is 2.42. The first-order valence-corrected chi connectivity index (χ1v) is 14.3. The average Bonchev–Trinajstić information content (AvgIpc) is 3.26. The maximum atomic E-state index is 14.7. The van der Waals surface area contributed by atoms with E-state index in [1.807, 2.05) is 31.2 Å². The molecule has 5 aromatic rings. The molecule has 0 fully saturated rings. The van der Waals surface area contributed by atoms with Gasteiger partial charge in [0.2, 0.25) is 0 Å². The van der Waals surface area contributed by atoms with Gasteiger partial charge in [-0.05, 0) is 61.0 Å². The molecule has 1 unspecified atom stereocenters. The summed E-state index contributed by atoms with van der Waals surface area (Å²) in [6.07, 6.45) is 0. The van der Waals surface area contributed by atoms with Crippen LogP contribution in [0, 0.1) is 6.92 Å². The molecule has 0 radical (unpaired) electrons. The molecule has 9 heteroatoms. The Morgan fingerprint density at radius 3 is 2.11 bits per heavy atom. The fourth-order valence-corrected chi connectivity index (χ4v) is 7.24. The number of halogens is 2. The number of nitrogens with zero attached hydrogens (tertiary/aromatic N) is 1. The van der Waals surface area contributed by atoms with Gasteiger partial charge in [-0.2, -0.15) is 0 Å². The van der Waals surface area contributed by atoms with Gasteiger partial charge < -0.3 is 14.4 Å². The van der Waals surface area contributed by atoms with Crippen molar-refractivity contribution in [3.05, 3.63) is 118 Å². The normalized spacial score (nSPS) is 12.3. The number of anilines is 1. The number of hydrogen-bond donors (Lipinski definition) is 1. The summed E-state index contributed by atoms with van der Waals surface area (Å²) in [6.45, 7) is 2.03. The van der Waals surface area contributed by atoms with Crippen LogP contribution >= 0.6 is 42.1 Å². The van der Waals surface area contributed by atoms with E-state index in [1.165, 1.54) is 11.3 Å². The lowest BCUT2D eigenvalue weighted by molar-refractivity contribution is 0.376. The summed E-state index contributed by atoms with van der Waals surface area (Å²) in [6, 6.07) is 28.8. The minimum Gasteiger partial charge on any atom is -0.414 e. The van der Waals surface area contributed by atoms with Crippen LogP contribution in [0.15, 0.2) is 97.1 Å². The molecule has 182 valence electrons. The zero-order valence-electron chi connectivity index (χ0n) is 19.1. The van der Waals surface area contributed by atoms with Gasteiger partial charge in [0.05, 0.1) is 10.2 Å². The van der Waals surface area contributed by atoms with E-state index in [2.05, 4.69) is 11.4 Å². The van der Waals surface area contributed by atoms with Gasteiger partial charge >= 0.3 is 7.60 Å². The summed E-state index contributed by atoms with van der Waals surface area (Å²) in [5.41, 5.74) is 2.46. The molecule has 0 aliphatic rings. The fraction of sp³-hybridized carbons (Fsp3) is 0.0741. The standard InChI is InChI=1S/C27H21Cl2N2O3PS/c1-18-12-15-24-25(16-18)36-27(30-24)31-26(22-14-13-19(28)17-23(22)29)35(32,33-20-8-4-2-5-9-20)34-21-10-6-3-7-11-21/h2-17,26H,1H3,(H,30,31). The molecular formula is C27H21Cl2N2O3PS. The van der Waals surface area contributed by atoms with Crippen molar-refractivity contribution in [2.75, 3.05) is 5.32 Å². The number of rotatable bonds is 8. The Balaban J connectivity index is 1.63. The molecule has 36 heavy (non-hydrogen) atoms. The number of thiazole rings is 1. The van der Waals surface area contributed by atoms with Gasteiger partial charge in [0.25, 0.3) is 0 Å². The van der Waals surface area contributed by atoms with Crippen LogP contribution in [0.2, 0.25) is 10.0 Å². The number of fused-ring (bicyclic) bond motifs is 1. The first-order valence-electron chi connectivity index (χ1n) is 11.1. The van der Waals surface area contributed by atoms with E-state index in [9.17, 15) is 4.57 Å². The van der Waals surface area contributed by atoms with Crippen molar-refractivity contribution in [3.8, 4) is 11.5 Å². The van der Waals surface area contributed by atoms with Crippen molar-refractivity contribution in [2.24, 2.45) is 0 Å². The number of nitrogens with one attached hydrogen (secondary N) is 1. The largest absolute Gasteiger partial charge is 0.457 e. The van der Waals surface area contributed by atoms with Crippen LogP contribution in [0.5, 0.6) is 11.5 Å². The van der Waals surface area contributed by atoms with E-state index in [-0.39, 0.29) is 0 Å². The monoisotopic (exact) mass is 554 g/mol. The maximum Gasteiger partial charge on any atom is 0.457 e. The molecule has 0 bridgehead atoms. The molecule has 5 nitrogen and oxygen atoms in total. The van der Waals surface area contributed by atoms with E-state index in [0.717, 1.165) is 15.8 Å². The van der Waals surface area contributed by atoms with Crippen molar-refractivity contribution >= 4 is 57.5 Å². The van der Waals surface area contributed by atoms with Crippen molar-refractivity contribution in [2.45, 2.75) is 12.7 Å². The Bertz CT molecular complexity index is 1500. The lowest BCUT2D eigenvalue weighted by Gasteiger charge is -2.29. The lowest BCUT2D eigenvalue weighted by Crippen LogP contribution is -2.18. The molecule has 0 saturated carbocycles. The molecule has 0 aliphatic carbocycles. The van der Waals surface area contributed by atoms with Crippen molar-refractivity contribution in [1.29, 1.82) is 0 Å². The molecule has 5 rings (SSSR count). The summed E-state index contributed by atoms with van der Waals surface area (Å²) < 4.78 is 28.0. The van der Waals surface area contributed by atoms with Crippen molar-refractivity contribution in [1.82, 2.24) is 4.98 Å². The zero-order chi connectivity index (χ0) is 25.1. The molecule has 1 N–H and O–H groups in total. The first-order chi connectivity index (χ1) is 17.4. The van der Waals surface area contributed by atoms with Gasteiger partial charge in [0, 0.05) is 15.6 Å². The fourth-order valence-electron chi connectivity index (χ4n) is 3.64. The third-order valence-corrected chi connectivity index (χ3v) is 8.81. The van der Waals surface area contributed by atoms with Crippen molar-refractivity contribution < 1.29 is 13.6 Å². The lowest BCUT2D eigenvalue weighted by atomic mass is 10.2. The molecular weight excluding hydrogens is 534 g/mol. The molecule has 0 aliphatic heterocycles. The van der Waals surface area contributed by atoms with Gasteiger partial charge in [-0.3, -0.25) is 0 Å². The highest BCUT2D eigenvalue weighted by Crippen LogP contribution is 2.61. The molecule has 1 heterocycles. The first kappa shape index (κ1) is 24.7. The number of para-hydroxylation sites is 2. The third kappa shape index (κ3) is 5.53. The minimum absolute atomic E-state index is 0.325. The van der Waals surface area contributed by atoms with E-state index < -0.39 is 13.4 Å². The maximum absolute atomic E-state index is 14.7. The third-order valence-electron chi connectivity index (χ3n) is 5.33. The number of benzene rings is 4. The molecule has 0 spiro atoms. The smallest absolute Gasteiger partial charge is 0.414 e. The predicted molar refractivity (Wildman–Crippen MR) is 149 cm³/mol. The Morgan fingerprint density at radius 2 is 1.50 bits per heavy atom.